The number of benzene rings is 1. The van der Waals surface area contributed by atoms with Crippen molar-refractivity contribution < 1.29 is 14.7 Å². The molecule has 5 rings (SSSR count). The summed E-state index contributed by atoms with van der Waals surface area (Å²) >= 11 is 0. The van der Waals surface area contributed by atoms with Crippen LogP contribution in [-0.4, -0.2) is 54.8 Å². The molecule has 0 bridgehead atoms. The topological polar surface area (TPSA) is 113 Å². The van der Waals surface area contributed by atoms with Crippen molar-refractivity contribution >= 4 is 28.6 Å². The number of pyridine rings is 2. The molecule has 4 aromatic rings. The summed E-state index contributed by atoms with van der Waals surface area (Å²) in [6, 6.07) is 12.0. The number of carboxylic acids is 1. The molecule has 33 heavy (non-hydrogen) atoms. The molecule has 4 heterocycles. The molecule has 9 nitrogen and oxygen atoms in total. The number of amides is 1. The first-order valence-corrected chi connectivity index (χ1v) is 10.7. The van der Waals surface area contributed by atoms with Crippen molar-refractivity contribution in [2.45, 2.75) is 19.4 Å². The molecule has 0 atom stereocenters. The van der Waals surface area contributed by atoms with E-state index in [1.807, 2.05) is 18.2 Å². The lowest BCUT2D eigenvalue weighted by atomic mass is 10.0. The Hall–Kier alpha value is -4.11. The van der Waals surface area contributed by atoms with Gasteiger partial charge in [0.05, 0.1) is 23.1 Å². The zero-order valence-electron chi connectivity index (χ0n) is 17.8. The van der Waals surface area contributed by atoms with Gasteiger partial charge in [-0.2, -0.15) is 9.78 Å². The summed E-state index contributed by atoms with van der Waals surface area (Å²) in [5, 5.41) is 16.8. The van der Waals surface area contributed by atoms with E-state index in [0.29, 0.717) is 16.6 Å². The van der Waals surface area contributed by atoms with E-state index in [1.165, 1.54) is 12.8 Å². The summed E-state index contributed by atoms with van der Waals surface area (Å²) in [4.78, 5) is 35.6. The Morgan fingerprint density at radius 3 is 2.58 bits per heavy atom. The van der Waals surface area contributed by atoms with Crippen molar-refractivity contribution in [2.24, 2.45) is 0 Å². The van der Waals surface area contributed by atoms with Crippen LogP contribution in [0.3, 0.4) is 0 Å². The highest BCUT2D eigenvalue weighted by molar-refractivity contribution is 6.06. The van der Waals surface area contributed by atoms with Gasteiger partial charge in [0.25, 0.3) is 0 Å². The first-order chi connectivity index (χ1) is 16.1. The van der Waals surface area contributed by atoms with E-state index < -0.39 is 12.0 Å². The van der Waals surface area contributed by atoms with Gasteiger partial charge in [0.15, 0.2) is 5.69 Å². The third-order valence-electron chi connectivity index (χ3n) is 5.73. The van der Waals surface area contributed by atoms with Gasteiger partial charge in [-0.3, -0.25) is 14.9 Å². The van der Waals surface area contributed by atoms with Crippen LogP contribution in [0.5, 0.6) is 0 Å². The lowest BCUT2D eigenvalue weighted by Gasteiger charge is -2.14. The number of aromatic carboxylic acids is 1. The molecule has 0 saturated carbocycles. The Labute approximate surface area is 189 Å². The molecular formula is C24H22N6O3. The molecule has 1 amide bonds. The summed E-state index contributed by atoms with van der Waals surface area (Å²) in [6.07, 6.45) is 7.40. The number of carbonyl (C=O) groups is 2. The number of hydrogen-bond acceptors (Lipinski definition) is 6. The standard InChI is InChI=1S/C24H22N6O3/c31-23(32)22-20-12-16(17-4-3-9-25-13-17)5-8-21(20)30(28-22)24(33)27-18-6-7-19(26-14-18)15-29-10-1-2-11-29/h3-9,12-14H,1-2,10-11,15H2,(H,27,33)(H,31,32). The van der Waals surface area contributed by atoms with E-state index in [-0.39, 0.29) is 5.69 Å². The average Bonchev–Trinajstić information content (AvgIpc) is 3.48. The van der Waals surface area contributed by atoms with Crippen LogP contribution in [0.1, 0.15) is 29.0 Å². The number of hydrogen-bond donors (Lipinski definition) is 2. The first kappa shape index (κ1) is 20.8. The summed E-state index contributed by atoms with van der Waals surface area (Å²) < 4.78 is 1.07. The third-order valence-corrected chi connectivity index (χ3v) is 5.73. The van der Waals surface area contributed by atoms with Crippen molar-refractivity contribution in [1.29, 1.82) is 0 Å². The molecule has 0 aliphatic carbocycles. The molecule has 0 spiro atoms. The smallest absolute Gasteiger partial charge is 0.357 e. The average molecular weight is 442 g/mol. The fourth-order valence-corrected chi connectivity index (χ4v) is 4.08. The van der Waals surface area contributed by atoms with Crippen LogP contribution >= 0.6 is 0 Å². The highest BCUT2D eigenvalue weighted by Crippen LogP contribution is 2.26. The molecule has 2 N–H and O–H groups in total. The SMILES string of the molecule is O=C(O)c1nn(C(=O)Nc2ccc(CN3CCCC3)nc2)c2ccc(-c3cccnc3)cc12. The van der Waals surface area contributed by atoms with Crippen molar-refractivity contribution in [2.75, 3.05) is 18.4 Å². The second-order valence-corrected chi connectivity index (χ2v) is 7.99. The Balaban J connectivity index is 1.40. The molecular weight excluding hydrogens is 420 g/mol. The molecule has 166 valence electrons. The number of nitrogens with zero attached hydrogens (tertiary/aromatic N) is 5. The number of fused-ring (bicyclic) bond motifs is 1. The van der Waals surface area contributed by atoms with Gasteiger partial charge in [-0.25, -0.2) is 9.59 Å². The van der Waals surface area contributed by atoms with Gasteiger partial charge in [-0.05, 0) is 61.8 Å². The Kier molecular flexibility index (Phi) is 5.54. The lowest BCUT2D eigenvalue weighted by molar-refractivity contribution is 0.0692. The van der Waals surface area contributed by atoms with Crippen LogP contribution < -0.4 is 5.32 Å². The normalized spacial score (nSPS) is 13.9. The van der Waals surface area contributed by atoms with E-state index in [0.717, 1.165) is 41.1 Å². The quantitative estimate of drug-likeness (QED) is 0.482. The molecule has 1 saturated heterocycles. The summed E-state index contributed by atoms with van der Waals surface area (Å²) in [6.45, 7) is 2.96. The van der Waals surface area contributed by atoms with Gasteiger partial charge in [-0.1, -0.05) is 12.1 Å². The molecule has 1 aromatic carbocycles. The molecule has 0 radical (unpaired) electrons. The van der Waals surface area contributed by atoms with Gasteiger partial charge in [0.1, 0.15) is 0 Å². The summed E-state index contributed by atoms with van der Waals surface area (Å²) in [5.41, 5.74) is 3.29. The maximum absolute atomic E-state index is 12.9. The van der Waals surface area contributed by atoms with E-state index >= 15 is 0 Å². The van der Waals surface area contributed by atoms with Crippen molar-refractivity contribution in [3.05, 3.63) is 72.4 Å². The zero-order valence-corrected chi connectivity index (χ0v) is 17.8. The molecule has 3 aromatic heterocycles. The first-order valence-electron chi connectivity index (χ1n) is 10.7. The molecule has 1 aliphatic rings. The monoisotopic (exact) mass is 442 g/mol. The number of likely N-dealkylation sites (tertiary alicyclic amines) is 1. The maximum Gasteiger partial charge on any atom is 0.357 e. The molecule has 1 fully saturated rings. The van der Waals surface area contributed by atoms with E-state index in [9.17, 15) is 14.7 Å². The Morgan fingerprint density at radius 1 is 1.03 bits per heavy atom. The minimum atomic E-state index is -1.21. The third kappa shape index (κ3) is 4.31. The molecule has 9 heteroatoms. The Morgan fingerprint density at radius 2 is 1.88 bits per heavy atom. The van der Waals surface area contributed by atoms with Crippen LogP contribution in [0.4, 0.5) is 10.5 Å². The fraction of sp³-hybridized carbons (Fsp3) is 0.208. The molecule has 1 aliphatic heterocycles. The van der Waals surface area contributed by atoms with Gasteiger partial charge in [0, 0.05) is 29.9 Å². The van der Waals surface area contributed by atoms with Gasteiger partial charge in [-0.15, -0.1) is 0 Å². The number of carbonyl (C=O) groups excluding carboxylic acids is 1. The second-order valence-electron chi connectivity index (χ2n) is 7.99. The number of carboxylic acid groups (broad SMARTS) is 1. The number of aromatic nitrogens is 4. The van der Waals surface area contributed by atoms with Gasteiger partial charge >= 0.3 is 12.0 Å². The van der Waals surface area contributed by atoms with Crippen molar-refractivity contribution in [3.63, 3.8) is 0 Å². The lowest BCUT2D eigenvalue weighted by Crippen LogP contribution is -2.21. The van der Waals surface area contributed by atoms with Gasteiger partial charge < -0.3 is 10.4 Å². The fourth-order valence-electron chi connectivity index (χ4n) is 4.08. The molecule has 0 unspecified atom stereocenters. The zero-order chi connectivity index (χ0) is 22.8. The van der Waals surface area contributed by atoms with Crippen LogP contribution in [-0.2, 0) is 6.54 Å². The second kappa shape index (κ2) is 8.79. The summed E-state index contributed by atoms with van der Waals surface area (Å²) in [7, 11) is 0. The van der Waals surface area contributed by atoms with Crippen LogP contribution in [0.15, 0.2) is 61.1 Å². The van der Waals surface area contributed by atoms with Crippen molar-refractivity contribution in [3.8, 4) is 11.1 Å². The maximum atomic E-state index is 12.9. The minimum absolute atomic E-state index is 0.190. The Bertz CT molecular complexity index is 1310. The van der Waals surface area contributed by atoms with E-state index in [4.69, 9.17) is 0 Å². The van der Waals surface area contributed by atoms with Crippen LogP contribution in [0.25, 0.3) is 22.0 Å². The highest BCUT2D eigenvalue weighted by Gasteiger charge is 2.21. The predicted molar refractivity (Wildman–Crippen MR) is 123 cm³/mol. The summed E-state index contributed by atoms with van der Waals surface area (Å²) in [5.74, 6) is -1.21. The van der Waals surface area contributed by atoms with E-state index in [1.54, 1.807) is 42.9 Å². The minimum Gasteiger partial charge on any atom is -0.476 e. The van der Waals surface area contributed by atoms with Crippen molar-refractivity contribution in [1.82, 2.24) is 24.6 Å². The van der Waals surface area contributed by atoms with Gasteiger partial charge in [0.2, 0.25) is 0 Å². The number of anilines is 1. The van der Waals surface area contributed by atoms with E-state index in [2.05, 4.69) is 25.3 Å². The van der Waals surface area contributed by atoms with Crippen LogP contribution in [0.2, 0.25) is 0 Å². The predicted octanol–water partition coefficient (Wildman–Crippen LogP) is 3.87. The highest BCUT2D eigenvalue weighted by atomic mass is 16.4. The largest absolute Gasteiger partial charge is 0.476 e. The number of nitrogens with one attached hydrogen (secondary N) is 1. The van der Waals surface area contributed by atoms with Crippen LogP contribution in [0, 0.1) is 0 Å². The number of rotatable bonds is 5.